The molecule has 1 aromatic carbocycles. The van der Waals surface area contributed by atoms with Crippen molar-refractivity contribution in [2.24, 2.45) is 11.8 Å². The maximum atomic E-state index is 14.9. The zero-order chi connectivity index (χ0) is 25.7. The van der Waals surface area contributed by atoms with Crippen molar-refractivity contribution in [3.05, 3.63) is 23.8 Å². The highest BCUT2D eigenvalue weighted by Gasteiger charge is 2.57. The van der Waals surface area contributed by atoms with Gasteiger partial charge in [-0.15, -0.1) is 0 Å². The zero-order valence-electron chi connectivity index (χ0n) is 19.3. The molecule has 1 saturated carbocycles. The van der Waals surface area contributed by atoms with Crippen LogP contribution in [0.3, 0.4) is 0 Å². The van der Waals surface area contributed by atoms with Gasteiger partial charge >= 0.3 is 18.6 Å². The highest BCUT2D eigenvalue weighted by Crippen LogP contribution is 2.48. The van der Waals surface area contributed by atoms with E-state index in [0.717, 1.165) is 17.0 Å². The molecule has 0 spiro atoms. The molecule has 35 heavy (non-hydrogen) atoms. The highest BCUT2D eigenvalue weighted by atomic mass is 19.3. The molecule has 3 fully saturated rings. The summed E-state index contributed by atoms with van der Waals surface area (Å²) in [4.78, 5) is 37.6. The van der Waals surface area contributed by atoms with Gasteiger partial charge in [0.1, 0.15) is 17.4 Å². The quantitative estimate of drug-likeness (QED) is 0.581. The van der Waals surface area contributed by atoms with Crippen molar-refractivity contribution in [1.29, 1.82) is 0 Å². The predicted octanol–water partition coefficient (Wildman–Crippen LogP) is 2.63. The molecule has 1 aliphatic carbocycles. The van der Waals surface area contributed by atoms with E-state index in [1.54, 1.807) is 25.7 Å². The summed E-state index contributed by atoms with van der Waals surface area (Å²) in [6.45, 7) is 5.42. The number of cyclic esters (lactones) is 1. The number of rotatable bonds is 6. The van der Waals surface area contributed by atoms with Gasteiger partial charge in [0.2, 0.25) is 0 Å². The third-order valence-corrected chi connectivity index (χ3v) is 6.08. The summed E-state index contributed by atoms with van der Waals surface area (Å²) >= 11 is 0. The van der Waals surface area contributed by atoms with Crippen LogP contribution < -0.4 is 20.4 Å². The number of nitrogens with zero attached hydrogens (tertiary/aromatic N) is 2. The Morgan fingerprint density at radius 3 is 2.29 bits per heavy atom. The minimum Gasteiger partial charge on any atom is -0.444 e. The molecular formula is C22H26F4N4O5. The molecule has 4 rings (SSSR count). The predicted molar refractivity (Wildman–Crippen MR) is 115 cm³/mol. The first kappa shape index (κ1) is 24.9. The Morgan fingerprint density at radius 1 is 1.14 bits per heavy atom. The second-order valence-electron chi connectivity index (χ2n) is 9.82. The maximum Gasteiger partial charge on any atom is 0.414 e. The molecule has 13 heteroatoms. The Kier molecular flexibility index (Phi) is 6.45. The fraction of sp³-hybridized carbons (Fsp3) is 0.591. The third kappa shape index (κ3) is 5.38. The maximum absolute atomic E-state index is 14.9. The molecule has 2 N–H and O–H groups in total. The molecule has 3 unspecified atom stereocenters. The van der Waals surface area contributed by atoms with E-state index in [4.69, 9.17) is 9.47 Å². The van der Waals surface area contributed by atoms with Crippen molar-refractivity contribution >= 4 is 29.5 Å². The van der Waals surface area contributed by atoms with E-state index in [1.807, 2.05) is 5.32 Å². The number of halogens is 4. The number of benzene rings is 1. The standard InChI is InChI=1S/C22H26F4N4O5/c1-22(2,3)35-20(32)28-16-12-8-29(9-13(12)16)17-14(23)4-10(5-15(17)24)30-7-11(34-21(30)33)6-27-19(31)18(25)26/h4-5,11-13,16,18H,6-9H2,1-3H3,(H,27,31)(H,28,32). The van der Waals surface area contributed by atoms with Crippen LogP contribution in [0.4, 0.5) is 38.5 Å². The van der Waals surface area contributed by atoms with E-state index >= 15 is 0 Å². The number of amides is 3. The van der Waals surface area contributed by atoms with Gasteiger partial charge in [0.05, 0.1) is 18.8 Å². The van der Waals surface area contributed by atoms with Gasteiger partial charge in [-0.1, -0.05) is 0 Å². The van der Waals surface area contributed by atoms with Crippen LogP contribution in [0.1, 0.15) is 20.8 Å². The third-order valence-electron chi connectivity index (χ3n) is 6.08. The minimum absolute atomic E-state index is 0.0405. The van der Waals surface area contributed by atoms with Gasteiger partial charge in [0, 0.05) is 43.1 Å². The molecule has 3 aliphatic rings. The summed E-state index contributed by atoms with van der Waals surface area (Å²) in [7, 11) is 0. The van der Waals surface area contributed by atoms with Crippen LogP contribution in [0, 0.1) is 23.5 Å². The van der Waals surface area contributed by atoms with Crippen LogP contribution >= 0.6 is 0 Å². The number of alkyl carbamates (subject to hydrolysis) is 1. The van der Waals surface area contributed by atoms with Gasteiger partial charge in [-0.25, -0.2) is 18.4 Å². The number of piperidine rings is 1. The summed E-state index contributed by atoms with van der Waals surface area (Å²) in [5, 5.41) is 4.73. The Balaban J connectivity index is 1.35. The van der Waals surface area contributed by atoms with Gasteiger partial charge in [-0.05, 0) is 20.8 Å². The van der Waals surface area contributed by atoms with E-state index in [0.29, 0.717) is 13.1 Å². The highest BCUT2D eigenvalue weighted by molar-refractivity contribution is 5.90. The van der Waals surface area contributed by atoms with Gasteiger partial charge in [0.15, 0.2) is 11.6 Å². The number of hydrogen-bond donors (Lipinski definition) is 2. The fourth-order valence-electron chi connectivity index (χ4n) is 4.51. The molecule has 3 amide bonds. The SMILES string of the molecule is CC(C)(C)OC(=O)NC1C2CN(c3c(F)cc(N4CC(CNC(=O)C(F)F)OC4=O)cc3F)CC21. The fourth-order valence-corrected chi connectivity index (χ4v) is 4.51. The Labute approximate surface area is 198 Å². The van der Waals surface area contributed by atoms with Crippen molar-refractivity contribution in [2.75, 3.05) is 36.0 Å². The lowest BCUT2D eigenvalue weighted by molar-refractivity contribution is -0.132. The summed E-state index contributed by atoms with van der Waals surface area (Å²) in [6, 6.07) is 1.88. The molecule has 1 aromatic rings. The van der Waals surface area contributed by atoms with E-state index in [-0.39, 0.29) is 42.3 Å². The number of fused-ring (bicyclic) bond motifs is 1. The molecule has 2 saturated heterocycles. The van der Waals surface area contributed by atoms with Crippen molar-refractivity contribution in [2.45, 2.75) is 44.9 Å². The summed E-state index contributed by atoms with van der Waals surface area (Å²) in [6.07, 6.45) is -5.60. The molecule has 2 heterocycles. The van der Waals surface area contributed by atoms with Crippen LogP contribution in [0.5, 0.6) is 0 Å². The van der Waals surface area contributed by atoms with E-state index in [9.17, 15) is 31.9 Å². The van der Waals surface area contributed by atoms with Gasteiger partial charge in [-0.2, -0.15) is 8.78 Å². The summed E-state index contributed by atoms with van der Waals surface area (Å²) in [5.74, 6) is -3.17. The van der Waals surface area contributed by atoms with E-state index in [1.165, 1.54) is 0 Å². The summed E-state index contributed by atoms with van der Waals surface area (Å²) < 4.78 is 64.7. The van der Waals surface area contributed by atoms with Crippen LogP contribution in [0.15, 0.2) is 12.1 Å². The van der Waals surface area contributed by atoms with Crippen molar-refractivity contribution < 1.29 is 41.4 Å². The number of alkyl halides is 2. The number of anilines is 2. The first-order chi connectivity index (χ1) is 16.3. The summed E-state index contributed by atoms with van der Waals surface area (Å²) in [5.41, 5.74) is -0.953. The van der Waals surface area contributed by atoms with Crippen LogP contribution in [0.25, 0.3) is 0 Å². The van der Waals surface area contributed by atoms with Crippen LogP contribution in [0.2, 0.25) is 0 Å². The molecule has 2 aliphatic heterocycles. The molecule has 9 nitrogen and oxygen atoms in total. The van der Waals surface area contributed by atoms with Gasteiger partial charge in [-0.3, -0.25) is 9.69 Å². The first-order valence-electron chi connectivity index (χ1n) is 11.1. The average molecular weight is 502 g/mol. The van der Waals surface area contributed by atoms with Gasteiger partial charge in [0.25, 0.3) is 5.91 Å². The number of hydrogen-bond acceptors (Lipinski definition) is 6. The number of carbonyl (C=O) groups excluding carboxylic acids is 3. The molecular weight excluding hydrogens is 476 g/mol. The van der Waals surface area contributed by atoms with Crippen LogP contribution in [-0.4, -0.2) is 68.4 Å². The lowest BCUT2D eigenvalue weighted by Gasteiger charge is -2.25. The molecule has 0 radical (unpaired) electrons. The second kappa shape index (κ2) is 9.08. The van der Waals surface area contributed by atoms with Crippen molar-refractivity contribution in [3.8, 4) is 0 Å². The molecule has 0 bridgehead atoms. The Hall–Kier alpha value is -3.25. The topological polar surface area (TPSA) is 100 Å². The van der Waals surface area contributed by atoms with Crippen LogP contribution in [-0.2, 0) is 14.3 Å². The number of ether oxygens (including phenoxy) is 2. The average Bonchev–Trinajstić information content (AvgIpc) is 3.06. The van der Waals surface area contributed by atoms with Gasteiger partial charge < -0.3 is 25.0 Å². The smallest absolute Gasteiger partial charge is 0.414 e. The minimum atomic E-state index is -3.21. The van der Waals surface area contributed by atoms with E-state index < -0.39 is 47.9 Å². The lowest BCUT2D eigenvalue weighted by Crippen LogP contribution is -2.38. The number of carbonyl (C=O) groups is 3. The number of nitrogens with one attached hydrogen (secondary N) is 2. The largest absolute Gasteiger partial charge is 0.444 e. The molecule has 0 aromatic heterocycles. The Bertz CT molecular complexity index is 999. The second-order valence-corrected chi connectivity index (χ2v) is 9.82. The van der Waals surface area contributed by atoms with Crippen molar-refractivity contribution in [3.63, 3.8) is 0 Å². The first-order valence-corrected chi connectivity index (χ1v) is 11.1. The lowest BCUT2D eigenvalue weighted by atomic mass is 10.2. The van der Waals surface area contributed by atoms with E-state index in [2.05, 4.69) is 5.32 Å². The molecule has 3 atom stereocenters. The molecule has 192 valence electrons. The monoisotopic (exact) mass is 502 g/mol. The zero-order valence-corrected chi connectivity index (χ0v) is 19.3. The Morgan fingerprint density at radius 2 is 1.74 bits per heavy atom. The van der Waals surface area contributed by atoms with Crippen molar-refractivity contribution in [1.82, 2.24) is 10.6 Å². The normalized spacial score (nSPS) is 25.4.